The molecule has 162 valence electrons. The summed E-state index contributed by atoms with van der Waals surface area (Å²) in [6.45, 7) is 9.60. The van der Waals surface area contributed by atoms with Crippen molar-refractivity contribution in [2.45, 2.75) is 32.9 Å². The van der Waals surface area contributed by atoms with Gasteiger partial charge in [0.05, 0.1) is 20.3 Å². The molecule has 8 nitrogen and oxygen atoms in total. The molecule has 0 radical (unpaired) electrons. The van der Waals surface area contributed by atoms with Crippen LogP contribution in [0.4, 0.5) is 10.5 Å². The van der Waals surface area contributed by atoms with E-state index in [9.17, 15) is 4.79 Å². The van der Waals surface area contributed by atoms with E-state index in [0.717, 1.165) is 50.8 Å². The van der Waals surface area contributed by atoms with Crippen LogP contribution < -0.4 is 16.0 Å². The first-order chi connectivity index (χ1) is 14.0. The number of hydrogen-bond donors (Lipinski definition) is 3. The summed E-state index contributed by atoms with van der Waals surface area (Å²) in [6, 6.07) is 8.07. The second-order valence-corrected chi connectivity index (χ2v) is 7.55. The Hall–Kier alpha value is -2.32. The summed E-state index contributed by atoms with van der Waals surface area (Å²) in [5, 5.41) is 9.47. The number of ether oxygens (including phenoxy) is 2. The van der Waals surface area contributed by atoms with Crippen molar-refractivity contribution in [1.82, 2.24) is 15.5 Å². The van der Waals surface area contributed by atoms with Gasteiger partial charge in [-0.25, -0.2) is 4.79 Å². The van der Waals surface area contributed by atoms with Crippen LogP contribution in [0, 0.1) is 5.92 Å². The van der Waals surface area contributed by atoms with Gasteiger partial charge in [-0.3, -0.25) is 15.2 Å². The zero-order valence-electron chi connectivity index (χ0n) is 18.0. The molecule has 8 heteroatoms. The van der Waals surface area contributed by atoms with Gasteiger partial charge < -0.3 is 20.1 Å². The molecule has 0 saturated carbocycles. The second-order valence-electron chi connectivity index (χ2n) is 7.55. The summed E-state index contributed by atoms with van der Waals surface area (Å²) in [7, 11) is 3.13. The van der Waals surface area contributed by atoms with Crippen LogP contribution in [0.2, 0.25) is 0 Å². The van der Waals surface area contributed by atoms with Gasteiger partial charge in [0.15, 0.2) is 5.96 Å². The summed E-state index contributed by atoms with van der Waals surface area (Å²) >= 11 is 0. The summed E-state index contributed by atoms with van der Waals surface area (Å²) in [5.74, 6) is 1.42. The van der Waals surface area contributed by atoms with Crippen molar-refractivity contribution in [2.75, 3.05) is 52.3 Å². The van der Waals surface area contributed by atoms with E-state index in [4.69, 9.17) is 4.74 Å². The largest absolute Gasteiger partial charge is 0.453 e. The van der Waals surface area contributed by atoms with Gasteiger partial charge in [0.25, 0.3) is 0 Å². The highest BCUT2D eigenvalue weighted by atomic mass is 16.5. The number of carbonyl (C=O) groups excluding carboxylic acids is 1. The molecule has 1 unspecified atom stereocenters. The first kappa shape index (κ1) is 23.0. The van der Waals surface area contributed by atoms with Crippen molar-refractivity contribution in [1.29, 1.82) is 0 Å². The number of morpholine rings is 1. The lowest BCUT2D eigenvalue weighted by molar-refractivity contribution is 0.0132. The maximum atomic E-state index is 11.2. The standard InChI is InChI=1S/C21H35N5O3/c1-16(2)13-19(26-9-11-29-12-10-26)15-24-20(22-3)23-14-17-5-7-18(8-6-17)25-21(27)28-4/h5-8,16,19H,9-15H2,1-4H3,(H,25,27)(H2,22,23,24). The van der Waals surface area contributed by atoms with Crippen LogP contribution in [-0.4, -0.2) is 70.0 Å². The maximum absolute atomic E-state index is 11.2. The van der Waals surface area contributed by atoms with Crippen LogP contribution in [0.3, 0.4) is 0 Å². The molecular weight excluding hydrogens is 370 g/mol. The van der Waals surface area contributed by atoms with Crippen LogP contribution in [0.1, 0.15) is 25.8 Å². The van der Waals surface area contributed by atoms with Gasteiger partial charge in [0, 0.05) is 45.0 Å². The number of hydrogen-bond acceptors (Lipinski definition) is 5. The Labute approximate surface area is 174 Å². The minimum Gasteiger partial charge on any atom is -0.453 e. The van der Waals surface area contributed by atoms with Gasteiger partial charge in [0.1, 0.15) is 0 Å². The molecule has 1 aliphatic heterocycles. The van der Waals surface area contributed by atoms with Crippen LogP contribution in [-0.2, 0) is 16.0 Å². The normalized spacial score (nSPS) is 16.4. The number of nitrogens with one attached hydrogen (secondary N) is 3. The number of aliphatic imine (C=N–C) groups is 1. The highest BCUT2D eigenvalue weighted by molar-refractivity contribution is 5.84. The minimum atomic E-state index is -0.475. The van der Waals surface area contributed by atoms with E-state index in [0.29, 0.717) is 24.2 Å². The molecule has 1 aromatic rings. The Morgan fingerprint density at radius 1 is 1.21 bits per heavy atom. The molecule has 0 aromatic heterocycles. The maximum Gasteiger partial charge on any atom is 0.411 e. The minimum absolute atomic E-state index is 0.459. The third kappa shape index (κ3) is 8.29. The average Bonchev–Trinajstić information content (AvgIpc) is 2.74. The highest BCUT2D eigenvalue weighted by Gasteiger charge is 2.22. The number of nitrogens with zero attached hydrogens (tertiary/aromatic N) is 2. The molecule has 1 amide bonds. The lowest BCUT2D eigenvalue weighted by Crippen LogP contribution is -2.50. The Kier molecular flexibility index (Phi) is 9.73. The molecule has 0 aliphatic carbocycles. The molecule has 1 aromatic carbocycles. The summed E-state index contributed by atoms with van der Waals surface area (Å²) in [5.41, 5.74) is 1.79. The van der Waals surface area contributed by atoms with E-state index in [1.807, 2.05) is 24.3 Å². The van der Waals surface area contributed by atoms with Crippen LogP contribution in [0.25, 0.3) is 0 Å². The molecular formula is C21H35N5O3. The Balaban J connectivity index is 1.83. The molecule has 0 spiro atoms. The Morgan fingerprint density at radius 3 is 2.48 bits per heavy atom. The van der Waals surface area contributed by atoms with Crippen molar-refractivity contribution in [3.8, 4) is 0 Å². The van der Waals surface area contributed by atoms with E-state index < -0.39 is 6.09 Å². The first-order valence-electron chi connectivity index (χ1n) is 10.2. The van der Waals surface area contributed by atoms with Crippen LogP contribution >= 0.6 is 0 Å². The van der Waals surface area contributed by atoms with Crippen molar-refractivity contribution in [3.63, 3.8) is 0 Å². The molecule has 0 bridgehead atoms. The van der Waals surface area contributed by atoms with Crippen molar-refractivity contribution >= 4 is 17.7 Å². The SMILES string of the molecule is CN=C(NCc1ccc(NC(=O)OC)cc1)NCC(CC(C)C)N1CCOCC1. The predicted octanol–water partition coefficient (Wildman–Crippen LogP) is 2.28. The van der Waals surface area contributed by atoms with E-state index in [1.54, 1.807) is 7.05 Å². The molecule has 1 fully saturated rings. The van der Waals surface area contributed by atoms with Gasteiger partial charge in [0.2, 0.25) is 0 Å². The van der Waals surface area contributed by atoms with E-state index in [-0.39, 0.29) is 0 Å². The molecule has 3 N–H and O–H groups in total. The lowest BCUT2D eigenvalue weighted by Gasteiger charge is -2.35. The molecule has 1 saturated heterocycles. The van der Waals surface area contributed by atoms with Gasteiger partial charge in [-0.05, 0) is 30.0 Å². The summed E-state index contributed by atoms with van der Waals surface area (Å²) < 4.78 is 10.1. The number of anilines is 1. The summed E-state index contributed by atoms with van der Waals surface area (Å²) in [4.78, 5) is 18.1. The fourth-order valence-electron chi connectivity index (χ4n) is 3.34. The second kappa shape index (κ2) is 12.3. The topological polar surface area (TPSA) is 87.2 Å². The van der Waals surface area contributed by atoms with Gasteiger partial charge in [-0.15, -0.1) is 0 Å². The van der Waals surface area contributed by atoms with Crippen LogP contribution in [0.15, 0.2) is 29.3 Å². The zero-order valence-corrected chi connectivity index (χ0v) is 18.0. The monoisotopic (exact) mass is 405 g/mol. The van der Waals surface area contributed by atoms with Crippen molar-refractivity contribution < 1.29 is 14.3 Å². The smallest absolute Gasteiger partial charge is 0.411 e. The number of amides is 1. The molecule has 1 atom stereocenters. The zero-order chi connectivity index (χ0) is 21.1. The number of guanidine groups is 1. The Morgan fingerprint density at radius 2 is 1.90 bits per heavy atom. The van der Waals surface area contributed by atoms with E-state index in [2.05, 4.69) is 44.4 Å². The molecule has 1 heterocycles. The highest BCUT2D eigenvalue weighted by Crippen LogP contribution is 2.13. The third-order valence-electron chi connectivity index (χ3n) is 4.88. The van der Waals surface area contributed by atoms with Crippen molar-refractivity contribution in [2.24, 2.45) is 10.9 Å². The molecule has 29 heavy (non-hydrogen) atoms. The molecule has 2 rings (SSSR count). The van der Waals surface area contributed by atoms with E-state index in [1.165, 1.54) is 7.11 Å². The lowest BCUT2D eigenvalue weighted by atomic mass is 10.0. The number of methoxy groups -OCH3 is 1. The van der Waals surface area contributed by atoms with Gasteiger partial charge in [-0.2, -0.15) is 0 Å². The fraction of sp³-hybridized carbons (Fsp3) is 0.619. The van der Waals surface area contributed by atoms with E-state index >= 15 is 0 Å². The first-order valence-corrected chi connectivity index (χ1v) is 10.2. The molecule has 1 aliphatic rings. The summed E-state index contributed by atoms with van der Waals surface area (Å²) in [6.07, 6.45) is 0.662. The quantitative estimate of drug-likeness (QED) is 0.454. The van der Waals surface area contributed by atoms with Crippen molar-refractivity contribution in [3.05, 3.63) is 29.8 Å². The predicted molar refractivity (Wildman–Crippen MR) is 116 cm³/mol. The average molecular weight is 406 g/mol. The Bertz CT molecular complexity index is 642. The van der Waals surface area contributed by atoms with Crippen LogP contribution in [0.5, 0.6) is 0 Å². The fourth-order valence-corrected chi connectivity index (χ4v) is 3.34. The van der Waals surface area contributed by atoms with Gasteiger partial charge >= 0.3 is 6.09 Å². The number of carbonyl (C=O) groups is 1. The third-order valence-corrected chi connectivity index (χ3v) is 4.88. The van der Waals surface area contributed by atoms with Gasteiger partial charge in [-0.1, -0.05) is 26.0 Å². The number of benzene rings is 1. The number of rotatable bonds is 8.